The van der Waals surface area contributed by atoms with Gasteiger partial charge in [0.05, 0.1) is 23.3 Å². The summed E-state index contributed by atoms with van der Waals surface area (Å²) in [6, 6.07) is 6.15. The van der Waals surface area contributed by atoms with Crippen LogP contribution in [0.15, 0.2) is 24.3 Å². The van der Waals surface area contributed by atoms with Crippen LogP contribution in [0.4, 0.5) is 14.9 Å². The Morgan fingerprint density at radius 3 is 2.31 bits per heavy atom. The first kappa shape index (κ1) is 20.8. The number of nitrogens with zero attached hydrogens (tertiary/aromatic N) is 2. The second-order valence-corrected chi connectivity index (χ2v) is 8.46. The van der Waals surface area contributed by atoms with Gasteiger partial charge in [-0.2, -0.15) is 0 Å². The lowest BCUT2D eigenvalue weighted by atomic mass is 10.1. The van der Waals surface area contributed by atoms with Crippen molar-refractivity contribution in [3.8, 4) is 0 Å². The van der Waals surface area contributed by atoms with Gasteiger partial charge < -0.3 is 9.72 Å². The van der Waals surface area contributed by atoms with E-state index in [9.17, 15) is 9.18 Å². The lowest BCUT2D eigenvalue weighted by Gasteiger charge is -2.29. The molecule has 29 heavy (non-hydrogen) atoms. The number of rotatable bonds is 3. The number of pyridine rings is 1. The van der Waals surface area contributed by atoms with Crippen LogP contribution in [-0.4, -0.2) is 21.7 Å². The first-order valence-electron chi connectivity index (χ1n) is 9.69. The van der Waals surface area contributed by atoms with Gasteiger partial charge >= 0.3 is 6.09 Å². The average Bonchev–Trinajstić information content (AvgIpc) is 2.89. The third-order valence-electron chi connectivity index (χ3n) is 5.02. The molecule has 0 atom stereocenters. The van der Waals surface area contributed by atoms with Crippen molar-refractivity contribution >= 4 is 22.8 Å². The second-order valence-electron chi connectivity index (χ2n) is 8.46. The molecular weight excluding hydrogens is 369 g/mol. The van der Waals surface area contributed by atoms with E-state index in [2.05, 4.69) is 4.98 Å². The van der Waals surface area contributed by atoms with Gasteiger partial charge in [-0.25, -0.2) is 9.18 Å². The molecule has 0 unspecified atom stereocenters. The van der Waals surface area contributed by atoms with Crippen LogP contribution in [0.25, 0.3) is 11.0 Å². The summed E-state index contributed by atoms with van der Waals surface area (Å²) in [5.41, 5.74) is 6.34. The van der Waals surface area contributed by atoms with E-state index in [-0.39, 0.29) is 12.4 Å². The third-order valence-corrected chi connectivity index (χ3v) is 5.02. The fraction of sp³-hybridized carbons (Fsp3) is 0.391. The molecule has 5 nitrogen and oxygen atoms in total. The Hall–Kier alpha value is -2.89. The number of anilines is 1. The van der Waals surface area contributed by atoms with Gasteiger partial charge in [-0.15, -0.1) is 0 Å². The maximum atomic E-state index is 13.4. The molecule has 0 radical (unpaired) electrons. The minimum Gasteiger partial charge on any atom is -0.443 e. The number of nitrogens with one attached hydrogen (secondary N) is 1. The first-order chi connectivity index (χ1) is 13.5. The van der Waals surface area contributed by atoms with Gasteiger partial charge in [0, 0.05) is 11.4 Å². The standard InChI is InChI=1S/C23H28FN3O2/c1-13-15(3)26-20-19(13)25-16(4)14(2)21(20)27(22(28)29-23(5,6)7)12-17-8-10-18(24)11-9-17/h8-11,26H,12H2,1-7H3. The van der Waals surface area contributed by atoms with E-state index >= 15 is 0 Å². The van der Waals surface area contributed by atoms with Crippen LogP contribution in [0.2, 0.25) is 0 Å². The van der Waals surface area contributed by atoms with Gasteiger partial charge in [-0.3, -0.25) is 9.88 Å². The average molecular weight is 397 g/mol. The highest BCUT2D eigenvalue weighted by molar-refractivity contribution is 6.01. The Morgan fingerprint density at radius 2 is 1.72 bits per heavy atom. The number of benzene rings is 1. The number of aryl methyl sites for hydroxylation is 3. The zero-order chi connectivity index (χ0) is 21.5. The van der Waals surface area contributed by atoms with E-state index < -0.39 is 11.7 Å². The molecule has 0 aliphatic rings. The highest BCUT2D eigenvalue weighted by Crippen LogP contribution is 2.35. The molecule has 6 heteroatoms. The van der Waals surface area contributed by atoms with Crippen molar-refractivity contribution in [3.05, 3.63) is 58.2 Å². The van der Waals surface area contributed by atoms with Crippen LogP contribution in [0.3, 0.4) is 0 Å². The molecule has 2 aromatic heterocycles. The van der Waals surface area contributed by atoms with Crippen molar-refractivity contribution in [3.63, 3.8) is 0 Å². The van der Waals surface area contributed by atoms with Gasteiger partial charge in [0.1, 0.15) is 11.4 Å². The largest absolute Gasteiger partial charge is 0.443 e. The third kappa shape index (κ3) is 4.26. The van der Waals surface area contributed by atoms with Crippen LogP contribution in [-0.2, 0) is 11.3 Å². The number of halogens is 1. The zero-order valence-electron chi connectivity index (χ0n) is 18.1. The quantitative estimate of drug-likeness (QED) is 0.601. The summed E-state index contributed by atoms with van der Waals surface area (Å²) in [4.78, 5) is 23.0. The fourth-order valence-electron chi connectivity index (χ4n) is 3.29. The SMILES string of the molecule is Cc1nc2c(C)c(C)[nH]c2c(N(Cc2ccc(F)cc2)C(=O)OC(C)(C)C)c1C. The number of carbonyl (C=O) groups excluding carboxylic acids is 1. The number of aromatic nitrogens is 2. The molecule has 2 heterocycles. The van der Waals surface area contributed by atoms with E-state index in [1.54, 1.807) is 17.0 Å². The zero-order valence-corrected chi connectivity index (χ0v) is 18.1. The summed E-state index contributed by atoms with van der Waals surface area (Å²) >= 11 is 0. The summed E-state index contributed by atoms with van der Waals surface area (Å²) in [5, 5.41) is 0. The summed E-state index contributed by atoms with van der Waals surface area (Å²) < 4.78 is 19.1. The molecule has 3 aromatic rings. The van der Waals surface area contributed by atoms with E-state index in [0.717, 1.165) is 44.8 Å². The second kappa shape index (κ2) is 7.50. The molecule has 1 aromatic carbocycles. The molecule has 0 fully saturated rings. The first-order valence-corrected chi connectivity index (χ1v) is 9.69. The Labute approximate surface area is 170 Å². The number of H-pyrrole nitrogens is 1. The van der Waals surface area contributed by atoms with E-state index in [1.165, 1.54) is 12.1 Å². The molecule has 0 aliphatic heterocycles. The molecule has 0 saturated carbocycles. The van der Waals surface area contributed by atoms with Gasteiger partial charge in [-0.1, -0.05) is 12.1 Å². The minimum atomic E-state index is -0.644. The van der Waals surface area contributed by atoms with Crippen LogP contribution in [0.1, 0.15) is 48.8 Å². The molecule has 1 N–H and O–H groups in total. The number of fused-ring (bicyclic) bond motifs is 1. The molecule has 154 valence electrons. The summed E-state index contributed by atoms with van der Waals surface area (Å²) in [6.45, 7) is 13.7. The fourth-order valence-corrected chi connectivity index (χ4v) is 3.29. The number of aromatic amines is 1. The topological polar surface area (TPSA) is 58.2 Å². The summed E-state index contributed by atoms with van der Waals surface area (Å²) in [7, 11) is 0. The lowest BCUT2D eigenvalue weighted by molar-refractivity contribution is 0.0577. The van der Waals surface area contributed by atoms with Gasteiger partial charge in [0.2, 0.25) is 0 Å². The maximum absolute atomic E-state index is 13.4. The van der Waals surface area contributed by atoms with Gasteiger partial charge in [-0.05, 0) is 77.3 Å². The van der Waals surface area contributed by atoms with Crippen LogP contribution in [0, 0.1) is 33.5 Å². The number of ether oxygens (including phenoxy) is 1. The van der Waals surface area contributed by atoms with E-state index in [4.69, 9.17) is 9.72 Å². The number of carbonyl (C=O) groups is 1. The highest BCUT2D eigenvalue weighted by Gasteiger charge is 2.28. The molecule has 0 bridgehead atoms. The van der Waals surface area contributed by atoms with Crippen LogP contribution < -0.4 is 4.90 Å². The molecule has 0 saturated heterocycles. The Kier molecular flexibility index (Phi) is 5.39. The van der Waals surface area contributed by atoms with E-state index in [1.807, 2.05) is 48.5 Å². The predicted octanol–water partition coefficient (Wildman–Crippen LogP) is 5.88. The molecule has 0 spiro atoms. The summed E-state index contributed by atoms with van der Waals surface area (Å²) in [5.74, 6) is -0.313. The maximum Gasteiger partial charge on any atom is 0.415 e. The van der Waals surface area contributed by atoms with Crippen molar-refractivity contribution in [1.29, 1.82) is 0 Å². The minimum absolute atomic E-state index is 0.256. The highest BCUT2D eigenvalue weighted by atomic mass is 19.1. The van der Waals surface area contributed by atoms with Crippen molar-refractivity contribution in [2.45, 2.75) is 60.6 Å². The molecule has 0 aliphatic carbocycles. The Morgan fingerprint density at radius 1 is 1.10 bits per heavy atom. The van der Waals surface area contributed by atoms with Crippen LogP contribution >= 0.6 is 0 Å². The van der Waals surface area contributed by atoms with Crippen LogP contribution in [0.5, 0.6) is 0 Å². The summed E-state index contributed by atoms with van der Waals surface area (Å²) in [6.07, 6.45) is -0.457. The molecular formula is C23H28FN3O2. The van der Waals surface area contributed by atoms with Gasteiger partial charge in [0.25, 0.3) is 0 Å². The monoisotopic (exact) mass is 397 g/mol. The van der Waals surface area contributed by atoms with Crippen molar-refractivity contribution in [2.24, 2.45) is 0 Å². The number of hydrogen-bond acceptors (Lipinski definition) is 3. The van der Waals surface area contributed by atoms with E-state index in [0.29, 0.717) is 0 Å². The van der Waals surface area contributed by atoms with Gasteiger partial charge in [0.15, 0.2) is 0 Å². The smallest absolute Gasteiger partial charge is 0.415 e. The Balaban J connectivity index is 2.20. The predicted molar refractivity (Wildman–Crippen MR) is 114 cm³/mol. The Bertz CT molecular complexity index is 1060. The van der Waals surface area contributed by atoms with Crippen molar-refractivity contribution in [1.82, 2.24) is 9.97 Å². The van der Waals surface area contributed by atoms with Crippen molar-refractivity contribution in [2.75, 3.05) is 4.90 Å². The molecule has 1 amide bonds. The van der Waals surface area contributed by atoms with Crippen molar-refractivity contribution < 1.29 is 13.9 Å². The molecule has 3 rings (SSSR count). The normalized spacial score (nSPS) is 11.7. The lowest BCUT2D eigenvalue weighted by Crippen LogP contribution is -2.37. The number of amides is 1. The number of hydrogen-bond donors (Lipinski definition) is 1.